The predicted octanol–water partition coefficient (Wildman–Crippen LogP) is 1.31. The second-order valence-corrected chi connectivity index (χ2v) is 5.16. The summed E-state index contributed by atoms with van der Waals surface area (Å²) in [6.45, 7) is 2.70. The van der Waals surface area contributed by atoms with Gasteiger partial charge in [-0.2, -0.15) is 5.10 Å². The van der Waals surface area contributed by atoms with Gasteiger partial charge < -0.3 is 10.6 Å². The number of carbonyl (C=O) groups excluding carboxylic acids is 1. The molecule has 0 radical (unpaired) electrons. The Balaban J connectivity index is 1.49. The Kier molecular flexibility index (Phi) is 5.88. The lowest BCUT2D eigenvalue weighted by Gasteiger charge is -2.23. The lowest BCUT2D eigenvalue weighted by atomic mass is 10.0. The van der Waals surface area contributed by atoms with Crippen LogP contribution in [-0.2, 0) is 11.3 Å². The molecule has 1 atom stereocenters. The standard InChI is InChI=1S/C14H24N4O/c19-14(7-6-13-5-1-2-8-15-13)16-9-3-11-18-12-4-10-17-18/h4,10,12-13,15H,1-3,5-9,11H2,(H,16,19). The second-order valence-electron chi connectivity index (χ2n) is 5.16. The van der Waals surface area contributed by atoms with Crippen molar-refractivity contribution in [1.29, 1.82) is 0 Å². The average Bonchev–Trinajstić information content (AvgIpc) is 2.96. The van der Waals surface area contributed by atoms with Gasteiger partial charge in [-0.25, -0.2) is 0 Å². The molecule has 2 heterocycles. The Morgan fingerprint density at radius 1 is 1.47 bits per heavy atom. The fourth-order valence-electron chi connectivity index (χ4n) is 2.47. The number of piperidine rings is 1. The van der Waals surface area contributed by atoms with Crippen LogP contribution >= 0.6 is 0 Å². The van der Waals surface area contributed by atoms with E-state index in [-0.39, 0.29) is 5.91 Å². The summed E-state index contributed by atoms with van der Waals surface area (Å²) in [6.07, 6.45) is 10.0. The molecule has 1 saturated heterocycles. The molecule has 1 unspecified atom stereocenters. The minimum atomic E-state index is 0.174. The van der Waals surface area contributed by atoms with Crippen LogP contribution in [0.5, 0.6) is 0 Å². The van der Waals surface area contributed by atoms with E-state index in [2.05, 4.69) is 15.7 Å². The largest absolute Gasteiger partial charge is 0.356 e. The molecular weight excluding hydrogens is 240 g/mol. The number of nitrogens with zero attached hydrogens (tertiary/aromatic N) is 2. The Morgan fingerprint density at radius 2 is 2.42 bits per heavy atom. The summed E-state index contributed by atoms with van der Waals surface area (Å²) in [7, 11) is 0. The van der Waals surface area contributed by atoms with Crippen molar-refractivity contribution in [3.63, 3.8) is 0 Å². The number of rotatable bonds is 7. The number of hydrogen-bond acceptors (Lipinski definition) is 3. The van der Waals surface area contributed by atoms with Gasteiger partial charge in [0, 0.05) is 37.9 Å². The molecule has 19 heavy (non-hydrogen) atoms. The average molecular weight is 264 g/mol. The summed E-state index contributed by atoms with van der Waals surface area (Å²) in [5.74, 6) is 0.174. The Morgan fingerprint density at radius 3 is 3.16 bits per heavy atom. The van der Waals surface area contributed by atoms with Crippen molar-refractivity contribution >= 4 is 5.91 Å². The van der Waals surface area contributed by atoms with Gasteiger partial charge in [0.15, 0.2) is 0 Å². The molecule has 1 aliphatic heterocycles. The minimum absolute atomic E-state index is 0.174. The van der Waals surface area contributed by atoms with Crippen LogP contribution in [0.4, 0.5) is 0 Å². The van der Waals surface area contributed by atoms with Gasteiger partial charge >= 0.3 is 0 Å². The van der Waals surface area contributed by atoms with Gasteiger partial charge in [0.25, 0.3) is 0 Å². The molecular formula is C14H24N4O. The van der Waals surface area contributed by atoms with Gasteiger partial charge in [-0.15, -0.1) is 0 Å². The Hall–Kier alpha value is -1.36. The molecule has 0 saturated carbocycles. The maximum atomic E-state index is 11.7. The van der Waals surface area contributed by atoms with Crippen LogP contribution in [0.15, 0.2) is 18.5 Å². The first-order valence-electron chi connectivity index (χ1n) is 7.32. The van der Waals surface area contributed by atoms with Crippen LogP contribution in [0.2, 0.25) is 0 Å². The zero-order chi connectivity index (χ0) is 13.3. The van der Waals surface area contributed by atoms with E-state index in [9.17, 15) is 4.79 Å². The molecule has 1 aromatic rings. The summed E-state index contributed by atoms with van der Waals surface area (Å²) < 4.78 is 1.89. The monoisotopic (exact) mass is 264 g/mol. The Bertz CT molecular complexity index is 358. The fourth-order valence-corrected chi connectivity index (χ4v) is 2.47. The zero-order valence-corrected chi connectivity index (χ0v) is 11.5. The predicted molar refractivity (Wildman–Crippen MR) is 74.7 cm³/mol. The zero-order valence-electron chi connectivity index (χ0n) is 11.5. The lowest BCUT2D eigenvalue weighted by Crippen LogP contribution is -2.35. The normalized spacial score (nSPS) is 19.3. The first-order valence-corrected chi connectivity index (χ1v) is 7.32. The van der Waals surface area contributed by atoms with Gasteiger partial charge in [-0.1, -0.05) is 6.42 Å². The third kappa shape index (κ3) is 5.42. The number of nitrogens with one attached hydrogen (secondary N) is 2. The van der Waals surface area contributed by atoms with E-state index in [1.165, 1.54) is 19.3 Å². The number of aryl methyl sites for hydroxylation is 1. The third-order valence-corrected chi connectivity index (χ3v) is 3.58. The highest BCUT2D eigenvalue weighted by molar-refractivity contribution is 5.75. The molecule has 1 amide bonds. The van der Waals surface area contributed by atoms with Gasteiger partial charge in [0.05, 0.1) is 0 Å². The van der Waals surface area contributed by atoms with E-state index in [1.807, 2.05) is 16.9 Å². The van der Waals surface area contributed by atoms with Crippen LogP contribution in [0, 0.1) is 0 Å². The highest BCUT2D eigenvalue weighted by Crippen LogP contribution is 2.11. The van der Waals surface area contributed by atoms with Crippen molar-refractivity contribution in [3.05, 3.63) is 18.5 Å². The van der Waals surface area contributed by atoms with E-state index in [4.69, 9.17) is 0 Å². The van der Waals surface area contributed by atoms with Gasteiger partial charge in [-0.05, 0) is 38.3 Å². The number of carbonyl (C=O) groups is 1. The van der Waals surface area contributed by atoms with E-state index < -0.39 is 0 Å². The summed E-state index contributed by atoms with van der Waals surface area (Å²) in [5.41, 5.74) is 0. The van der Waals surface area contributed by atoms with Crippen molar-refractivity contribution in [2.45, 2.75) is 51.1 Å². The second kappa shape index (κ2) is 7.94. The maximum absolute atomic E-state index is 11.7. The van der Waals surface area contributed by atoms with Gasteiger partial charge in [0.2, 0.25) is 5.91 Å². The van der Waals surface area contributed by atoms with Gasteiger partial charge in [-0.3, -0.25) is 9.48 Å². The number of amides is 1. The SMILES string of the molecule is O=C(CCC1CCCCN1)NCCCn1cccn1. The maximum Gasteiger partial charge on any atom is 0.220 e. The van der Waals surface area contributed by atoms with Crippen LogP contribution in [0.25, 0.3) is 0 Å². The van der Waals surface area contributed by atoms with Gasteiger partial charge in [0.1, 0.15) is 0 Å². The molecule has 0 bridgehead atoms. The summed E-state index contributed by atoms with van der Waals surface area (Å²) in [5, 5.41) is 10.6. The van der Waals surface area contributed by atoms with E-state index >= 15 is 0 Å². The van der Waals surface area contributed by atoms with Crippen LogP contribution in [0.3, 0.4) is 0 Å². The summed E-state index contributed by atoms with van der Waals surface area (Å²) in [6, 6.07) is 2.46. The third-order valence-electron chi connectivity index (χ3n) is 3.58. The Labute approximate surface area is 114 Å². The quantitative estimate of drug-likeness (QED) is 0.730. The lowest BCUT2D eigenvalue weighted by molar-refractivity contribution is -0.121. The van der Waals surface area contributed by atoms with Crippen molar-refractivity contribution in [3.8, 4) is 0 Å². The van der Waals surface area contributed by atoms with Crippen molar-refractivity contribution in [2.75, 3.05) is 13.1 Å². The molecule has 5 nitrogen and oxygen atoms in total. The highest BCUT2D eigenvalue weighted by atomic mass is 16.1. The topological polar surface area (TPSA) is 59.0 Å². The van der Waals surface area contributed by atoms with Crippen LogP contribution in [0.1, 0.15) is 38.5 Å². The highest BCUT2D eigenvalue weighted by Gasteiger charge is 2.13. The number of hydrogen-bond donors (Lipinski definition) is 2. The molecule has 1 fully saturated rings. The molecule has 0 aliphatic carbocycles. The molecule has 0 aromatic carbocycles. The first-order chi connectivity index (χ1) is 9.34. The molecule has 1 aromatic heterocycles. The molecule has 2 N–H and O–H groups in total. The first kappa shape index (κ1) is 14.1. The van der Waals surface area contributed by atoms with E-state index in [0.717, 1.165) is 32.5 Å². The smallest absolute Gasteiger partial charge is 0.220 e. The fraction of sp³-hybridized carbons (Fsp3) is 0.714. The molecule has 106 valence electrons. The van der Waals surface area contributed by atoms with Crippen LogP contribution in [-0.4, -0.2) is 34.8 Å². The molecule has 2 rings (SSSR count). The minimum Gasteiger partial charge on any atom is -0.356 e. The van der Waals surface area contributed by atoms with Crippen molar-refractivity contribution in [1.82, 2.24) is 20.4 Å². The van der Waals surface area contributed by atoms with E-state index in [1.54, 1.807) is 6.20 Å². The summed E-state index contributed by atoms with van der Waals surface area (Å²) >= 11 is 0. The number of aromatic nitrogens is 2. The summed E-state index contributed by atoms with van der Waals surface area (Å²) in [4.78, 5) is 11.7. The molecule has 5 heteroatoms. The molecule has 0 spiro atoms. The van der Waals surface area contributed by atoms with Crippen molar-refractivity contribution in [2.24, 2.45) is 0 Å². The van der Waals surface area contributed by atoms with Crippen LogP contribution < -0.4 is 10.6 Å². The van der Waals surface area contributed by atoms with Crippen molar-refractivity contribution < 1.29 is 4.79 Å². The van der Waals surface area contributed by atoms with E-state index in [0.29, 0.717) is 12.5 Å². The molecule has 1 aliphatic rings.